The standard InChI is InChI=1S/C16H25N3O2/c1-2-8-17-15-14(5-3-9-18-15)16(20)19-10-4-11-21-12-13-6-7-13/h3,5,9,13H,2,4,6-8,10-12H2,1H3,(H,17,18)(H,19,20). The number of anilines is 1. The highest BCUT2D eigenvalue weighted by Crippen LogP contribution is 2.28. The van der Waals surface area contributed by atoms with E-state index in [1.54, 1.807) is 18.3 Å². The van der Waals surface area contributed by atoms with Crippen LogP contribution in [0.5, 0.6) is 0 Å². The number of ether oxygens (including phenoxy) is 1. The van der Waals surface area contributed by atoms with E-state index < -0.39 is 0 Å². The van der Waals surface area contributed by atoms with Gasteiger partial charge in [0.15, 0.2) is 0 Å². The first-order chi connectivity index (χ1) is 10.3. The SMILES string of the molecule is CCCNc1ncccc1C(=O)NCCCOCC1CC1. The van der Waals surface area contributed by atoms with Crippen LogP contribution in [0.15, 0.2) is 18.3 Å². The van der Waals surface area contributed by atoms with Crippen LogP contribution in [0.4, 0.5) is 5.82 Å². The molecule has 2 N–H and O–H groups in total. The monoisotopic (exact) mass is 291 g/mol. The van der Waals surface area contributed by atoms with Gasteiger partial charge in [-0.3, -0.25) is 4.79 Å². The molecule has 1 amide bonds. The Labute approximate surface area is 126 Å². The van der Waals surface area contributed by atoms with E-state index in [0.29, 0.717) is 24.5 Å². The van der Waals surface area contributed by atoms with E-state index in [4.69, 9.17) is 4.74 Å². The molecule has 0 radical (unpaired) electrons. The van der Waals surface area contributed by atoms with Gasteiger partial charge in [0.05, 0.1) is 5.56 Å². The minimum atomic E-state index is -0.0797. The molecule has 116 valence electrons. The zero-order valence-electron chi connectivity index (χ0n) is 12.7. The summed E-state index contributed by atoms with van der Waals surface area (Å²) in [5, 5.41) is 6.10. The van der Waals surface area contributed by atoms with E-state index in [0.717, 1.165) is 31.9 Å². The molecule has 1 aliphatic carbocycles. The van der Waals surface area contributed by atoms with Crippen LogP contribution in [0.1, 0.15) is 43.0 Å². The van der Waals surface area contributed by atoms with Crippen LogP contribution in [0.3, 0.4) is 0 Å². The molecular weight excluding hydrogens is 266 g/mol. The van der Waals surface area contributed by atoms with Crippen molar-refractivity contribution in [2.45, 2.75) is 32.6 Å². The van der Waals surface area contributed by atoms with E-state index in [9.17, 15) is 4.79 Å². The summed E-state index contributed by atoms with van der Waals surface area (Å²) in [6.07, 6.45) is 6.16. The summed E-state index contributed by atoms with van der Waals surface area (Å²) in [6, 6.07) is 3.58. The lowest BCUT2D eigenvalue weighted by Crippen LogP contribution is -2.26. The second-order valence-corrected chi connectivity index (χ2v) is 5.45. The largest absolute Gasteiger partial charge is 0.381 e. The van der Waals surface area contributed by atoms with Gasteiger partial charge in [0.25, 0.3) is 5.91 Å². The quantitative estimate of drug-likeness (QED) is 0.650. The Morgan fingerprint density at radius 1 is 1.43 bits per heavy atom. The minimum absolute atomic E-state index is 0.0797. The van der Waals surface area contributed by atoms with Crippen molar-refractivity contribution >= 4 is 11.7 Å². The van der Waals surface area contributed by atoms with E-state index in [2.05, 4.69) is 22.5 Å². The molecular formula is C16H25N3O2. The zero-order valence-corrected chi connectivity index (χ0v) is 12.7. The molecule has 1 heterocycles. The molecule has 1 aromatic heterocycles. The summed E-state index contributed by atoms with van der Waals surface area (Å²) in [6.45, 7) is 5.11. The normalized spacial score (nSPS) is 14.0. The highest BCUT2D eigenvalue weighted by Gasteiger charge is 2.20. The summed E-state index contributed by atoms with van der Waals surface area (Å²) >= 11 is 0. The van der Waals surface area contributed by atoms with E-state index >= 15 is 0 Å². The number of carbonyl (C=O) groups is 1. The van der Waals surface area contributed by atoms with Crippen LogP contribution >= 0.6 is 0 Å². The second kappa shape index (κ2) is 8.62. The van der Waals surface area contributed by atoms with Crippen molar-refractivity contribution in [1.29, 1.82) is 0 Å². The van der Waals surface area contributed by atoms with Gasteiger partial charge in [-0.25, -0.2) is 4.98 Å². The third-order valence-corrected chi connectivity index (χ3v) is 3.40. The van der Waals surface area contributed by atoms with Gasteiger partial charge >= 0.3 is 0 Å². The lowest BCUT2D eigenvalue weighted by molar-refractivity contribution is 0.0938. The molecule has 0 spiro atoms. The number of hydrogen-bond donors (Lipinski definition) is 2. The van der Waals surface area contributed by atoms with Gasteiger partial charge in [-0.1, -0.05) is 6.92 Å². The predicted molar refractivity (Wildman–Crippen MR) is 83.5 cm³/mol. The average molecular weight is 291 g/mol. The molecule has 0 atom stereocenters. The fraction of sp³-hybridized carbons (Fsp3) is 0.625. The number of nitrogens with one attached hydrogen (secondary N) is 2. The molecule has 1 saturated carbocycles. The third kappa shape index (κ3) is 5.71. The van der Waals surface area contributed by atoms with Crippen LogP contribution in [0, 0.1) is 5.92 Å². The lowest BCUT2D eigenvalue weighted by atomic mass is 10.2. The Morgan fingerprint density at radius 3 is 3.05 bits per heavy atom. The Hall–Kier alpha value is -1.62. The van der Waals surface area contributed by atoms with Crippen molar-refractivity contribution in [3.05, 3.63) is 23.9 Å². The third-order valence-electron chi connectivity index (χ3n) is 3.40. The molecule has 1 aromatic rings. The van der Waals surface area contributed by atoms with Gasteiger partial charge in [-0.05, 0) is 43.7 Å². The summed E-state index contributed by atoms with van der Waals surface area (Å²) < 4.78 is 5.55. The second-order valence-electron chi connectivity index (χ2n) is 5.45. The maximum atomic E-state index is 12.1. The van der Waals surface area contributed by atoms with Crippen molar-refractivity contribution < 1.29 is 9.53 Å². The number of hydrogen-bond acceptors (Lipinski definition) is 4. The first-order valence-corrected chi connectivity index (χ1v) is 7.86. The maximum Gasteiger partial charge on any atom is 0.255 e. The highest BCUT2D eigenvalue weighted by atomic mass is 16.5. The summed E-state index contributed by atoms with van der Waals surface area (Å²) in [5.41, 5.74) is 0.602. The highest BCUT2D eigenvalue weighted by molar-refractivity contribution is 5.98. The average Bonchev–Trinajstić information content (AvgIpc) is 3.33. The van der Waals surface area contributed by atoms with Gasteiger partial charge in [0.1, 0.15) is 5.82 Å². The van der Waals surface area contributed by atoms with Gasteiger partial charge in [0, 0.05) is 32.5 Å². The van der Waals surface area contributed by atoms with Gasteiger partial charge in [-0.15, -0.1) is 0 Å². The Kier molecular flexibility index (Phi) is 6.47. The minimum Gasteiger partial charge on any atom is -0.381 e. The van der Waals surface area contributed by atoms with Crippen LogP contribution in [-0.2, 0) is 4.74 Å². The molecule has 2 rings (SSSR count). The number of nitrogens with zero attached hydrogens (tertiary/aromatic N) is 1. The topological polar surface area (TPSA) is 63.2 Å². The van der Waals surface area contributed by atoms with E-state index in [-0.39, 0.29) is 5.91 Å². The first-order valence-electron chi connectivity index (χ1n) is 7.86. The number of pyridine rings is 1. The van der Waals surface area contributed by atoms with E-state index in [1.165, 1.54) is 12.8 Å². The molecule has 0 bridgehead atoms. The summed E-state index contributed by atoms with van der Waals surface area (Å²) in [4.78, 5) is 16.4. The number of rotatable bonds is 10. The number of aromatic nitrogens is 1. The fourth-order valence-corrected chi connectivity index (χ4v) is 1.98. The molecule has 5 heteroatoms. The lowest BCUT2D eigenvalue weighted by Gasteiger charge is -2.10. The fourth-order valence-electron chi connectivity index (χ4n) is 1.98. The smallest absolute Gasteiger partial charge is 0.255 e. The molecule has 1 aliphatic rings. The van der Waals surface area contributed by atoms with Crippen LogP contribution in [0.2, 0.25) is 0 Å². The number of amides is 1. The maximum absolute atomic E-state index is 12.1. The molecule has 0 aliphatic heterocycles. The van der Waals surface area contributed by atoms with Crippen molar-refractivity contribution in [3.8, 4) is 0 Å². The molecule has 5 nitrogen and oxygen atoms in total. The molecule has 0 saturated heterocycles. The van der Waals surface area contributed by atoms with Crippen molar-refractivity contribution in [2.75, 3.05) is 31.6 Å². The molecule has 0 unspecified atom stereocenters. The first kappa shape index (κ1) is 15.8. The number of carbonyl (C=O) groups excluding carboxylic acids is 1. The Morgan fingerprint density at radius 2 is 2.29 bits per heavy atom. The van der Waals surface area contributed by atoms with Gasteiger partial charge in [0.2, 0.25) is 0 Å². The molecule has 21 heavy (non-hydrogen) atoms. The summed E-state index contributed by atoms with van der Waals surface area (Å²) in [7, 11) is 0. The zero-order chi connectivity index (χ0) is 14.9. The Balaban J connectivity index is 1.68. The van der Waals surface area contributed by atoms with Crippen LogP contribution in [0.25, 0.3) is 0 Å². The van der Waals surface area contributed by atoms with Crippen molar-refractivity contribution in [3.63, 3.8) is 0 Å². The summed E-state index contributed by atoms with van der Waals surface area (Å²) in [5.74, 6) is 1.37. The van der Waals surface area contributed by atoms with Crippen molar-refractivity contribution in [1.82, 2.24) is 10.3 Å². The van der Waals surface area contributed by atoms with Gasteiger partial charge in [-0.2, -0.15) is 0 Å². The van der Waals surface area contributed by atoms with Crippen molar-refractivity contribution in [2.24, 2.45) is 5.92 Å². The Bertz CT molecular complexity index is 447. The van der Waals surface area contributed by atoms with E-state index in [1.807, 2.05) is 0 Å². The van der Waals surface area contributed by atoms with Crippen LogP contribution in [-0.4, -0.2) is 37.2 Å². The predicted octanol–water partition coefficient (Wildman–Crippen LogP) is 2.45. The molecule has 0 aromatic carbocycles. The van der Waals surface area contributed by atoms with Gasteiger partial charge < -0.3 is 15.4 Å². The van der Waals surface area contributed by atoms with Crippen LogP contribution < -0.4 is 10.6 Å². The molecule has 1 fully saturated rings.